The fourth-order valence-electron chi connectivity index (χ4n) is 1.21. The molecule has 2 heterocycles. The molecule has 0 bridgehead atoms. The van der Waals surface area contributed by atoms with E-state index >= 15 is 0 Å². The molecule has 1 unspecified atom stereocenters. The summed E-state index contributed by atoms with van der Waals surface area (Å²) in [6, 6.07) is 3.57. The molecule has 0 fully saturated rings. The minimum atomic E-state index is -0.806. The molecule has 1 atom stereocenters. The summed E-state index contributed by atoms with van der Waals surface area (Å²) >= 11 is 0. The molecule has 1 aliphatic heterocycles. The number of hydrogen-bond acceptors (Lipinski definition) is 4. The van der Waals surface area contributed by atoms with Crippen LogP contribution in [0.15, 0.2) is 29.7 Å². The Morgan fingerprint density at radius 1 is 1.47 bits per heavy atom. The smallest absolute Gasteiger partial charge is 0.266 e. The zero-order chi connectivity index (χ0) is 10.7. The van der Waals surface area contributed by atoms with Crippen LogP contribution < -0.4 is 0 Å². The molecule has 1 aliphatic rings. The van der Waals surface area contributed by atoms with E-state index in [-0.39, 0.29) is 0 Å². The predicted molar refractivity (Wildman–Crippen MR) is 52.6 cm³/mol. The van der Waals surface area contributed by atoms with Gasteiger partial charge in [0, 0.05) is 18.0 Å². The molecule has 72 valence electrons. The molecule has 15 heavy (non-hydrogen) atoms. The summed E-state index contributed by atoms with van der Waals surface area (Å²) in [5, 5.41) is 8.70. The Bertz CT molecular complexity index is 484. The highest BCUT2D eigenvalue weighted by molar-refractivity contribution is 6.16. The molecule has 0 aliphatic carbocycles. The van der Waals surface area contributed by atoms with Crippen LogP contribution in [0.4, 0.5) is 0 Å². The summed E-state index contributed by atoms with van der Waals surface area (Å²) in [7, 11) is 0. The SMILES string of the molecule is N#CC1C=C(c2ccncn2)C=NC1=O. The van der Waals surface area contributed by atoms with Crippen molar-refractivity contribution in [2.24, 2.45) is 10.9 Å². The normalized spacial score (nSPS) is 19.5. The molecule has 0 spiro atoms. The van der Waals surface area contributed by atoms with Crippen molar-refractivity contribution in [3.05, 3.63) is 30.4 Å². The largest absolute Gasteiger partial charge is 0.271 e. The van der Waals surface area contributed by atoms with Crippen molar-refractivity contribution >= 4 is 17.7 Å². The van der Waals surface area contributed by atoms with Gasteiger partial charge in [0.1, 0.15) is 12.2 Å². The zero-order valence-electron chi connectivity index (χ0n) is 7.66. The summed E-state index contributed by atoms with van der Waals surface area (Å²) in [5.41, 5.74) is 1.32. The van der Waals surface area contributed by atoms with Gasteiger partial charge >= 0.3 is 0 Å². The van der Waals surface area contributed by atoms with Gasteiger partial charge in [0.25, 0.3) is 5.91 Å². The second-order valence-corrected chi connectivity index (χ2v) is 2.92. The highest BCUT2D eigenvalue weighted by atomic mass is 16.1. The molecule has 2 rings (SSSR count). The Balaban J connectivity index is 2.37. The van der Waals surface area contributed by atoms with Crippen molar-refractivity contribution in [1.82, 2.24) is 9.97 Å². The average molecular weight is 198 g/mol. The third-order valence-corrected chi connectivity index (χ3v) is 1.96. The van der Waals surface area contributed by atoms with Gasteiger partial charge in [-0.3, -0.25) is 4.79 Å². The van der Waals surface area contributed by atoms with E-state index < -0.39 is 11.8 Å². The molecular formula is C10H6N4O. The first kappa shape index (κ1) is 9.21. The van der Waals surface area contributed by atoms with E-state index in [0.29, 0.717) is 11.3 Å². The fourth-order valence-corrected chi connectivity index (χ4v) is 1.21. The number of nitrogens with zero attached hydrogens (tertiary/aromatic N) is 4. The van der Waals surface area contributed by atoms with Gasteiger partial charge in [0.2, 0.25) is 0 Å². The Hall–Kier alpha value is -2.35. The Kier molecular flexibility index (Phi) is 2.33. The van der Waals surface area contributed by atoms with Gasteiger partial charge in [0.05, 0.1) is 11.8 Å². The van der Waals surface area contributed by atoms with E-state index in [1.54, 1.807) is 18.3 Å². The van der Waals surface area contributed by atoms with Crippen LogP contribution in [0, 0.1) is 17.2 Å². The lowest BCUT2D eigenvalue weighted by molar-refractivity contribution is -0.118. The first-order valence-electron chi connectivity index (χ1n) is 4.27. The second kappa shape index (κ2) is 3.80. The molecule has 1 aromatic heterocycles. The lowest BCUT2D eigenvalue weighted by Crippen LogP contribution is -2.13. The topological polar surface area (TPSA) is 79.0 Å². The summed E-state index contributed by atoms with van der Waals surface area (Å²) in [4.78, 5) is 22.5. The van der Waals surface area contributed by atoms with E-state index in [9.17, 15) is 4.79 Å². The molecule has 0 N–H and O–H groups in total. The number of aromatic nitrogens is 2. The quantitative estimate of drug-likeness (QED) is 0.662. The maximum absolute atomic E-state index is 11.1. The number of nitriles is 1. The van der Waals surface area contributed by atoms with Gasteiger partial charge in [-0.05, 0) is 12.1 Å². The number of carbonyl (C=O) groups is 1. The van der Waals surface area contributed by atoms with Gasteiger partial charge in [-0.2, -0.15) is 5.26 Å². The number of aliphatic imine (C=N–C) groups is 1. The number of hydrogen-bond donors (Lipinski definition) is 0. The summed E-state index contributed by atoms with van der Waals surface area (Å²) in [5.74, 6) is -1.24. The predicted octanol–water partition coefficient (Wildman–Crippen LogP) is 0.611. The van der Waals surface area contributed by atoms with E-state index in [4.69, 9.17) is 5.26 Å². The molecule has 5 nitrogen and oxygen atoms in total. The van der Waals surface area contributed by atoms with E-state index in [1.165, 1.54) is 12.5 Å². The molecule has 0 aromatic carbocycles. The van der Waals surface area contributed by atoms with Crippen LogP contribution in [-0.2, 0) is 4.79 Å². The van der Waals surface area contributed by atoms with Gasteiger partial charge < -0.3 is 0 Å². The maximum Gasteiger partial charge on any atom is 0.266 e. The van der Waals surface area contributed by atoms with Crippen LogP contribution in [0.5, 0.6) is 0 Å². The molecule has 0 radical (unpaired) electrons. The van der Waals surface area contributed by atoms with Crippen molar-refractivity contribution < 1.29 is 4.79 Å². The minimum Gasteiger partial charge on any atom is -0.271 e. The number of amides is 1. The van der Waals surface area contributed by atoms with Gasteiger partial charge in [-0.1, -0.05) is 0 Å². The highest BCUT2D eigenvalue weighted by Crippen LogP contribution is 2.16. The molecule has 1 amide bonds. The molecule has 1 aromatic rings. The first-order chi connectivity index (χ1) is 7.31. The third-order valence-electron chi connectivity index (χ3n) is 1.96. The molecule has 5 heteroatoms. The van der Waals surface area contributed by atoms with Crippen LogP contribution in [0.25, 0.3) is 5.57 Å². The zero-order valence-corrected chi connectivity index (χ0v) is 7.66. The van der Waals surface area contributed by atoms with Crippen LogP contribution >= 0.6 is 0 Å². The standard InChI is InChI=1S/C10H6N4O/c11-4-7-3-8(5-13-10(7)15)9-1-2-12-6-14-9/h1-3,5-7H. The van der Waals surface area contributed by atoms with Crippen LogP contribution in [-0.4, -0.2) is 22.1 Å². The van der Waals surface area contributed by atoms with Crippen molar-refractivity contribution in [3.8, 4) is 6.07 Å². The number of dihydropyridines is 1. The van der Waals surface area contributed by atoms with Gasteiger partial charge in [-0.25, -0.2) is 15.0 Å². The van der Waals surface area contributed by atoms with E-state index in [2.05, 4.69) is 15.0 Å². The van der Waals surface area contributed by atoms with Crippen LogP contribution in [0.2, 0.25) is 0 Å². The minimum absolute atomic E-state index is 0.435. The van der Waals surface area contributed by atoms with Crippen LogP contribution in [0.3, 0.4) is 0 Å². The number of allylic oxidation sites excluding steroid dienone is 1. The molecular weight excluding hydrogens is 192 g/mol. The van der Waals surface area contributed by atoms with Gasteiger partial charge in [-0.15, -0.1) is 0 Å². The lowest BCUT2D eigenvalue weighted by Gasteiger charge is -2.07. The lowest BCUT2D eigenvalue weighted by atomic mass is 10.0. The summed E-state index contributed by atoms with van der Waals surface area (Å²) < 4.78 is 0. The highest BCUT2D eigenvalue weighted by Gasteiger charge is 2.19. The van der Waals surface area contributed by atoms with Crippen molar-refractivity contribution in [2.45, 2.75) is 0 Å². The second-order valence-electron chi connectivity index (χ2n) is 2.92. The number of carbonyl (C=O) groups excluding carboxylic acids is 1. The molecule has 0 saturated carbocycles. The average Bonchev–Trinajstić information content (AvgIpc) is 2.31. The van der Waals surface area contributed by atoms with Gasteiger partial charge in [0.15, 0.2) is 0 Å². The van der Waals surface area contributed by atoms with Crippen molar-refractivity contribution in [1.29, 1.82) is 5.26 Å². The van der Waals surface area contributed by atoms with Crippen LogP contribution in [0.1, 0.15) is 5.69 Å². The summed E-state index contributed by atoms with van der Waals surface area (Å²) in [6.45, 7) is 0. The Morgan fingerprint density at radius 3 is 3.00 bits per heavy atom. The first-order valence-corrected chi connectivity index (χ1v) is 4.27. The van der Waals surface area contributed by atoms with E-state index in [0.717, 1.165) is 0 Å². The van der Waals surface area contributed by atoms with Crippen molar-refractivity contribution in [3.63, 3.8) is 0 Å². The maximum atomic E-state index is 11.1. The van der Waals surface area contributed by atoms with Crippen molar-refractivity contribution in [2.75, 3.05) is 0 Å². The Labute approximate surface area is 85.8 Å². The fraction of sp³-hybridized carbons (Fsp3) is 0.100. The third kappa shape index (κ3) is 1.79. The molecule has 0 saturated heterocycles. The monoisotopic (exact) mass is 198 g/mol. The van der Waals surface area contributed by atoms with E-state index in [1.807, 2.05) is 6.07 Å². The number of rotatable bonds is 1. The summed E-state index contributed by atoms with van der Waals surface area (Å²) in [6.07, 6.45) is 5.97. The Morgan fingerprint density at radius 2 is 2.33 bits per heavy atom.